The molecule has 1 unspecified atom stereocenters. The van der Waals surface area contributed by atoms with Gasteiger partial charge in [-0.1, -0.05) is 0 Å². The molecule has 2 N–H and O–H groups in total. The summed E-state index contributed by atoms with van der Waals surface area (Å²) in [6.45, 7) is 5.29. The van der Waals surface area contributed by atoms with Crippen molar-refractivity contribution in [2.75, 3.05) is 25.4 Å². The summed E-state index contributed by atoms with van der Waals surface area (Å²) in [5.74, 6) is 1.72. The molecule has 0 radical (unpaired) electrons. The molecule has 1 atom stereocenters. The van der Waals surface area contributed by atoms with E-state index in [1.807, 2.05) is 0 Å². The average molecular weight is 358 g/mol. The second-order valence-electron chi connectivity index (χ2n) is 5.54. The summed E-state index contributed by atoms with van der Waals surface area (Å²) in [4.78, 5) is 21.3. The van der Waals surface area contributed by atoms with Crippen LogP contribution in [0.5, 0.6) is 0 Å². The van der Waals surface area contributed by atoms with E-state index in [4.69, 9.17) is 5.73 Å². The standard InChI is InChI=1S/C14H23N5O2S2/c1-11(19(20)21)14(15)16-4-7-22-9-12-10-23-13(17-12)8-18-5-2-3-6-18/h10-11H,2-9H2,1H3,(H2,15,16). The molecule has 0 aromatic carbocycles. The molecule has 1 aliphatic rings. The van der Waals surface area contributed by atoms with E-state index in [0.717, 1.165) is 23.7 Å². The van der Waals surface area contributed by atoms with Crippen LogP contribution in [0.2, 0.25) is 0 Å². The Kier molecular flexibility index (Phi) is 7.25. The highest BCUT2D eigenvalue weighted by molar-refractivity contribution is 7.98. The van der Waals surface area contributed by atoms with Crippen LogP contribution in [0, 0.1) is 10.1 Å². The summed E-state index contributed by atoms with van der Waals surface area (Å²) in [7, 11) is 0. The number of likely N-dealkylation sites (tertiary alicyclic amines) is 1. The van der Waals surface area contributed by atoms with Crippen LogP contribution < -0.4 is 5.73 Å². The molecule has 1 fully saturated rings. The lowest BCUT2D eigenvalue weighted by Gasteiger charge is -2.11. The zero-order valence-electron chi connectivity index (χ0n) is 13.3. The van der Waals surface area contributed by atoms with E-state index in [1.165, 1.54) is 37.9 Å². The Morgan fingerprint density at radius 1 is 1.61 bits per heavy atom. The Balaban J connectivity index is 1.65. The first-order valence-corrected chi connectivity index (χ1v) is 9.76. The van der Waals surface area contributed by atoms with E-state index in [0.29, 0.717) is 6.54 Å². The number of aromatic nitrogens is 1. The number of thiazole rings is 1. The molecule has 0 aliphatic carbocycles. The fourth-order valence-corrected chi connectivity index (χ4v) is 3.94. The van der Waals surface area contributed by atoms with E-state index in [-0.39, 0.29) is 5.84 Å². The molecule has 0 spiro atoms. The van der Waals surface area contributed by atoms with Crippen molar-refractivity contribution in [3.05, 3.63) is 26.2 Å². The number of thioether (sulfide) groups is 1. The summed E-state index contributed by atoms with van der Waals surface area (Å²) >= 11 is 3.45. The maximum absolute atomic E-state index is 10.6. The predicted molar refractivity (Wildman–Crippen MR) is 95.7 cm³/mol. The lowest BCUT2D eigenvalue weighted by atomic mass is 10.3. The molecule has 2 rings (SSSR count). The zero-order valence-corrected chi connectivity index (χ0v) is 14.9. The molecular formula is C14H23N5O2S2. The van der Waals surface area contributed by atoms with Gasteiger partial charge in [0.2, 0.25) is 0 Å². The van der Waals surface area contributed by atoms with E-state index < -0.39 is 11.0 Å². The van der Waals surface area contributed by atoms with E-state index in [1.54, 1.807) is 23.1 Å². The van der Waals surface area contributed by atoms with Crippen molar-refractivity contribution < 1.29 is 4.92 Å². The van der Waals surface area contributed by atoms with Crippen LogP contribution in [0.4, 0.5) is 0 Å². The predicted octanol–water partition coefficient (Wildman–Crippen LogP) is 1.99. The SMILES string of the molecule is CC(C(N)=NCCSCc1csc(CN2CCCC2)n1)[N+](=O)[O-]. The van der Waals surface area contributed by atoms with Gasteiger partial charge in [0, 0.05) is 28.7 Å². The number of hydrogen-bond donors (Lipinski definition) is 1. The van der Waals surface area contributed by atoms with Gasteiger partial charge in [-0.2, -0.15) is 11.8 Å². The van der Waals surface area contributed by atoms with Gasteiger partial charge in [0.1, 0.15) is 5.01 Å². The summed E-state index contributed by atoms with van der Waals surface area (Å²) in [6, 6.07) is -0.910. The van der Waals surface area contributed by atoms with Gasteiger partial charge in [0.15, 0.2) is 5.84 Å². The summed E-state index contributed by atoms with van der Waals surface area (Å²) in [5, 5.41) is 13.9. The van der Waals surface area contributed by atoms with Gasteiger partial charge in [-0.25, -0.2) is 4.98 Å². The van der Waals surface area contributed by atoms with Gasteiger partial charge in [0.25, 0.3) is 6.04 Å². The third-order valence-corrected chi connectivity index (χ3v) is 5.53. The molecule has 1 saturated heterocycles. The minimum Gasteiger partial charge on any atom is -0.382 e. The zero-order chi connectivity index (χ0) is 16.7. The van der Waals surface area contributed by atoms with Crippen molar-refractivity contribution in [1.29, 1.82) is 0 Å². The number of amidine groups is 1. The molecule has 23 heavy (non-hydrogen) atoms. The minimum absolute atomic E-state index is 0.0946. The number of nitro groups is 1. The first-order chi connectivity index (χ1) is 11.1. The lowest BCUT2D eigenvalue weighted by molar-refractivity contribution is -0.498. The highest BCUT2D eigenvalue weighted by Gasteiger charge is 2.17. The summed E-state index contributed by atoms with van der Waals surface area (Å²) in [6.07, 6.45) is 2.60. The van der Waals surface area contributed by atoms with Crippen LogP contribution >= 0.6 is 23.1 Å². The molecule has 0 bridgehead atoms. The van der Waals surface area contributed by atoms with Crippen molar-refractivity contribution in [2.45, 2.75) is 38.1 Å². The van der Waals surface area contributed by atoms with Crippen LogP contribution in [0.25, 0.3) is 0 Å². The van der Waals surface area contributed by atoms with Crippen LogP contribution in [-0.4, -0.2) is 52.1 Å². The monoisotopic (exact) mass is 357 g/mol. The Labute approximate surface area is 144 Å². The highest BCUT2D eigenvalue weighted by atomic mass is 32.2. The first kappa shape index (κ1) is 18.2. The fourth-order valence-electron chi connectivity index (χ4n) is 2.28. The molecule has 7 nitrogen and oxygen atoms in total. The van der Waals surface area contributed by atoms with Crippen LogP contribution in [0.15, 0.2) is 10.4 Å². The maximum Gasteiger partial charge on any atom is 0.266 e. The van der Waals surface area contributed by atoms with Crippen molar-refractivity contribution in [3.8, 4) is 0 Å². The van der Waals surface area contributed by atoms with Crippen LogP contribution in [-0.2, 0) is 12.3 Å². The highest BCUT2D eigenvalue weighted by Crippen LogP contribution is 2.19. The number of aliphatic imine (C=N–C) groups is 1. The summed E-state index contributed by atoms with van der Waals surface area (Å²) < 4.78 is 0. The molecule has 1 aromatic heterocycles. The Bertz CT molecular complexity index is 543. The van der Waals surface area contributed by atoms with Crippen molar-refractivity contribution >= 4 is 28.9 Å². The molecule has 9 heteroatoms. The number of hydrogen-bond acceptors (Lipinski definition) is 7. The molecule has 1 aromatic rings. The van der Waals surface area contributed by atoms with Crippen LogP contribution in [0.3, 0.4) is 0 Å². The van der Waals surface area contributed by atoms with Crippen molar-refractivity contribution in [1.82, 2.24) is 9.88 Å². The molecule has 0 saturated carbocycles. The fraction of sp³-hybridized carbons (Fsp3) is 0.714. The normalized spacial score (nSPS) is 17.5. The number of nitrogens with zero attached hydrogens (tertiary/aromatic N) is 4. The van der Waals surface area contributed by atoms with Gasteiger partial charge < -0.3 is 5.73 Å². The second-order valence-corrected chi connectivity index (χ2v) is 7.58. The van der Waals surface area contributed by atoms with Gasteiger partial charge in [-0.3, -0.25) is 20.0 Å². The maximum atomic E-state index is 10.6. The minimum atomic E-state index is -0.910. The van der Waals surface area contributed by atoms with Gasteiger partial charge in [-0.05, 0) is 25.9 Å². The Morgan fingerprint density at radius 2 is 2.35 bits per heavy atom. The van der Waals surface area contributed by atoms with E-state index in [2.05, 4.69) is 20.3 Å². The smallest absolute Gasteiger partial charge is 0.266 e. The van der Waals surface area contributed by atoms with E-state index in [9.17, 15) is 10.1 Å². The molecule has 2 heterocycles. The van der Waals surface area contributed by atoms with Crippen LogP contribution in [0.1, 0.15) is 30.5 Å². The molecule has 1 aliphatic heterocycles. The van der Waals surface area contributed by atoms with E-state index >= 15 is 0 Å². The number of rotatable bonds is 9. The third-order valence-electron chi connectivity index (χ3n) is 3.68. The molecular weight excluding hydrogens is 334 g/mol. The van der Waals surface area contributed by atoms with Gasteiger partial charge in [-0.15, -0.1) is 11.3 Å². The van der Waals surface area contributed by atoms with Crippen molar-refractivity contribution in [2.24, 2.45) is 10.7 Å². The van der Waals surface area contributed by atoms with Gasteiger partial charge >= 0.3 is 0 Å². The summed E-state index contributed by atoms with van der Waals surface area (Å²) in [5.41, 5.74) is 6.68. The second kappa shape index (κ2) is 9.19. The topological polar surface area (TPSA) is 97.7 Å². The average Bonchev–Trinajstić information content (AvgIpc) is 3.18. The largest absolute Gasteiger partial charge is 0.382 e. The Morgan fingerprint density at radius 3 is 3.04 bits per heavy atom. The lowest BCUT2D eigenvalue weighted by Crippen LogP contribution is -2.33. The third kappa shape index (κ3) is 6.08. The first-order valence-electron chi connectivity index (χ1n) is 7.73. The quantitative estimate of drug-likeness (QED) is 0.239. The van der Waals surface area contributed by atoms with Crippen molar-refractivity contribution in [3.63, 3.8) is 0 Å². The van der Waals surface area contributed by atoms with Gasteiger partial charge in [0.05, 0.1) is 18.8 Å². The number of nitrogens with two attached hydrogens (primary N) is 1. The Hall–Kier alpha value is -1.19. The molecule has 128 valence electrons. The molecule has 0 amide bonds.